The van der Waals surface area contributed by atoms with Crippen LogP contribution in [-0.4, -0.2) is 30.1 Å². The number of nitrogens with zero attached hydrogens (tertiary/aromatic N) is 3. The molecule has 0 aliphatic carbocycles. The Morgan fingerprint density at radius 2 is 2.00 bits per heavy atom. The average molecular weight is 300 g/mol. The zero-order valence-corrected chi connectivity index (χ0v) is 11.3. The fourth-order valence-electron chi connectivity index (χ4n) is 2.07. The minimum atomic E-state index is -0.623. The highest BCUT2D eigenvalue weighted by molar-refractivity contribution is 5.87. The van der Waals surface area contributed by atoms with E-state index in [1.54, 1.807) is 6.07 Å². The minimum Gasteiger partial charge on any atom is -0.504 e. The third kappa shape index (κ3) is 2.37. The number of hydrogen-bond donors (Lipinski definition) is 4. The molecule has 0 amide bonds. The summed E-state index contributed by atoms with van der Waals surface area (Å²) in [6.45, 7) is 0.298. The van der Waals surface area contributed by atoms with Crippen LogP contribution in [0.25, 0.3) is 11.0 Å². The second-order valence-electron chi connectivity index (χ2n) is 4.64. The Labute approximate surface area is 123 Å². The number of aromatic hydroxyl groups is 2. The lowest BCUT2D eigenvalue weighted by Crippen LogP contribution is -2.19. The summed E-state index contributed by atoms with van der Waals surface area (Å²) in [7, 11) is 0. The van der Waals surface area contributed by atoms with Crippen molar-refractivity contribution in [3.63, 3.8) is 0 Å². The lowest BCUT2D eigenvalue weighted by atomic mass is 10.2. The molecule has 22 heavy (non-hydrogen) atoms. The van der Waals surface area contributed by atoms with E-state index in [1.807, 2.05) is 0 Å². The number of hydrogen-bond acceptors (Lipinski definition) is 7. The number of phenols is 2. The van der Waals surface area contributed by atoms with Crippen molar-refractivity contribution in [2.24, 2.45) is 0 Å². The van der Waals surface area contributed by atoms with Gasteiger partial charge >= 0.3 is 0 Å². The molecule has 0 aliphatic rings. The topological polar surface area (TPSA) is 121 Å². The van der Waals surface area contributed by atoms with Crippen LogP contribution in [0.2, 0.25) is 0 Å². The molecule has 0 saturated heterocycles. The highest BCUT2D eigenvalue weighted by Crippen LogP contribution is 2.25. The van der Waals surface area contributed by atoms with E-state index in [-0.39, 0.29) is 17.1 Å². The van der Waals surface area contributed by atoms with E-state index < -0.39 is 5.56 Å². The normalized spacial score (nSPS) is 10.7. The Morgan fingerprint density at radius 1 is 1.18 bits per heavy atom. The number of fused-ring (bicyclic) bond motifs is 1. The van der Waals surface area contributed by atoms with Crippen LogP contribution in [0.5, 0.6) is 11.5 Å². The molecule has 0 radical (unpaired) electrons. The second kappa shape index (κ2) is 5.24. The molecule has 2 aromatic heterocycles. The summed E-state index contributed by atoms with van der Waals surface area (Å²) in [5.41, 5.74) is 0.632. The lowest BCUT2D eigenvalue weighted by Gasteiger charge is -2.10. The molecule has 0 fully saturated rings. The molecule has 0 saturated carbocycles. The fourth-order valence-corrected chi connectivity index (χ4v) is 2.07. The summed E-state index contributed by atoms with van der Waals surface area (Å²) < 4.78 is 0.453. The summed E-state index contributed by atoms with van der Waals surface area (Å²) in [5.74, 6) is -0.427. The molecule has 0 atom stereocenters. The van der Waals surface area contributed by atoms with Gasteiger partial charge in [0.1, 0.15) is 6.33 Å². The SMILES string of the molecule is O=c1cc(NCc2ccc(O)c(O)c2)c2cncnc2n1O. The first kappa shape index (κ1) is 13.7. The van der Waals surface area contributed by atoms with Crippen LogP contribution in [0.1, 0.15) is 5.56 Å². The van der Waals surface area contributed by atoms with Crippen molar-refractivity contribution in [2.45, 2.75) is 6.54 Å². The minimum absolute atomic E-state index is 0.0959. The first-order valence-electron chi connectivity index (χ1n) is 6.36. The van der Waals surface area contributed by atoms with Crippen LogP contribution in [-0.2, 0) is 6.54 Å². The maximum Gasteiger partial charge on any atom is 0.286 e. The molecular formula is C14H12N4O4. The van der Waals surface area contributed by atoms with Crippen LogP contribution in [0.3, 0.4) is 0 Å². The van der Waals surface area contributed by atoms with Gasteiger partial charge in [-0.15, -0.1) is 4.73 Å². The Bertz CT molecular complexity index is 907. The third-order valence-electron chi connectivity index (χ3n) is 3.18. The summed E-state index contributed by atoms with van der Waals surface area (Å²) in [5, 5.41) is 31.9. The number of aromatic nitrogens is 3. The van der Waals surface area contributed by atoms with Crippen LogP contribution in [0.15, 0.2) is 41.6 Å². The molecule has 3 rings (SSSR count). The summed E-state index contributed by atoms with van der Waals surface area (Å²) in [4.78, 5) is 19.4. The van der Waals surface area contributed by atoms with Gasteiger partial charge in [0.25, 0.3) is 5.56 Å². The molecule has 0 unspecified atom stereocenters. The zero-order chi connectivity index (χ0) is 15.7. The van der Waals surface area contributed by atoms with Gasteiger partial charge in [0.2, 0.25) is 0 Å². The third-order valence-corrected chi connectivity index (χ3v) is 3.18. The smallest absolute Gasteiger partial charge is 0.286 e. The van der Waals surface area contributed by atoms with Crippen LogP contribution >= 0.6 is 0 Å². The monoisotopic (exact) mass is 300 g/mol. The quantitative estimate of drug-likeness (QED) is 0.421. The van der Waals surface area contributed by atoms with Gasteiger partial charge in [0, 0.05) is 18.8 Å². The first-order valence-corrected chi connectivity index (χ1v) is 6.36. The van der Waals surface area contributed by atoms with E-state index in [1.165, 1.54) is 30.7 Å². The number of nitrogens with one attached hydrogen (secondary N) is 1. The maximum atomic E-state index is 11.7. The van der Waals surface area contributed by atoms with E-state index >= 15 is 0 Å². The molecular weight excluding hydrogens is 288 g/mol. The van der Waals surface area contributed by atoms with Crippen LogP contribution in [0, 0.1) is 0 Å². The highest BCUT2D eigenvalue weighted by Gasteiger charge is 2.09. The molecule has 4 N–H and O–H groups in total. The predicted octanol–water partition coefficient (Wildman–Crippen LogP) is 1.05. The van der Waals surface area contributed by atoms with Gasteiger partial charge in [0.05, 0.1) is 11.1 Å². The Kier molecular flexibility index (Phi) is 3.26. The van der Waals surface area contributed by atoms with E-state index in [4.69, 9.17) is 0 Å². The van der Waals surface area contributed by atoms with Crippen molar-refractivity contribution < 1.29 is 15.4 Å². The average Bonchev–Trinajstić information content (AvgIpc) is 2.53. The summed E-state index contributed by atoms with van der Waals surface area (Å²) >= 11 is 0. The van der Waals surface area contributed by atoms with Gasteiger partial charge in [-0.3, -0.25) is 4.79 Å². The number of pyridine rings is 1. The molecule has 8 nitrogen and oxygen atoms in total. The molecule has 0 spiro atoms. The van der Waals surface area contributed by atoms with Gasteiger partial charge in [-0.1, -0.05) is 6.07 Å². The van der Waals surface area contributed by atoms with Crippen molar-refractivity contribution in [1.82, 2.24) is 14.7 Å². The molecule has 8 heteroatoms. The first-order chi connectivity index (χ1) is 10.6. The van der Waals surface area contributed by atoms with E-state index in [0.717, 1.165) is 0 Å². The van der Waals surface area contributed by atoms with Gasteiger partial charge in [-0.25, -0.2) is 9.97 Å². The van der Waals surface area contributed by atoms with Crippen LogP contribution < -0.4 is 10.9 Å². The molecule has 112 valence electrons. The Balaban J connectivity index is 1.95. The highest BCUT2D eigenvalue weighted by atomic mass is 16.5. The molecule has 3 aromatic rings. The second-order valence-corrected chi connectivity index (χ2v) is 4.64. The Hall–Kier alpha value is -3.29. The van der Waals surface area contributed by atoms with Crippen molar-refractivity contribution in [3.05, 3.63) is 52.7 Å². The van der Waals surface area contributed by atoms with E-state index in [9.17, 15) is 20.2 Å². The lowest BCUT2D eigenvalue weighted by molar-refractivity contribution is 0.186. The van der Waals surface area contributed by atoms with Gasteiger partial charge in [-0.05, 0) is 17.7 Å². The number of benzene rings is 1. The zero-order valence-electron chi connectivity index (χ0n) is 11.3. The van der Waals surface area contributed by atoms with Crippen molar-refractivity contribution in [1.29, 1.82) is 0 Å². The largest absolute Gasteiger partial charge is 0.504 e. The number of anilines is 1. The van der Waals surface area contributed by atoms with E-state index in [0.29, 0.717) is 27.9 Å². The summed E-state index contributed by atoms with van der Waals surface area (Å²) in [6.07, 6.45) is 2.71. The van der Waals surface area contributed by atoms with Gasteiger partial charge < -0.3 is 20.7 Å². The molecule has 1 aromatic carbocycles. The predicted molar refractivity (Wildman–Crippen MR) is 78.1 cm³/mol. The number of phenolic OH excluding ortho intramolecular Hbond substituents is 2. The van der Waals surface area contributed by atoms with Gasteiger partial charge in [-0.2, -0.15) is 0 Å². The van der Waals surface area contributed by atoms with E-state index in [2.05, 4.69) is 15.3 Å². The number of rotatable bonds is 3. The van der Waals surface area contributed by atoms with Crippen molar-refractivity contribution in [3.8, 4) is 11.5 Å². The fraction of sp³-hybridized carbons (Fsp3) is 0.0714. The Morgan fingerprint density at radius 3 is 2.77 bits per heavy atom. The molecule has 0 bridgehead atoms. The molecule has 2 heterocycles. The maximum absolute atomic E-state index is 11.7. The van der Waals surface area contributed by atoms with Crippen LogP contribution in [0.4, 0.5) is 5.69 Å². The van der Waals surface area contributed by atoms with Crippen molar-refractivity contribution >= 4 is 16.7 Å². The summed E-state index contributed by atoms with van der Waals surface area (Å²) in [6, 6.07) is 5.65. The molecule has 0 aliphatic heterocycles. The van der Waals surface area contributed by atoms with Crippen molar-refractivity contribution in [2.75, 3.05) is 5.32 Å². The standard InChI is InChI=1S/C14H12N4O4/c19-11-2-1-8(3-12(11)20)5-16-10-4-13(21)18(22)14-9(10)6-15-7-17-14/h1-4,6-7,16,19-20,22H,5H2. The van der Waals surface area contributed by atoms with Gasteiger partial charge in [0.15, 0.2) is 17.1 Å².